The number of amides is 1. The molecule has 0 bridgehead atoms. The Hall–Kier alpha value is -0.610. The van der Waals surface area contributed by atoms with E-state index < -0.39 is 0 Å². The van der Waals surface area contributed by atoms with Crippen LogP contribution in [0.1, 0.15) is 46.0 Å². The summed E-state index contributed by atoms with van der Waals surface area (Å²) in [5.41, 5.74) is 5.91. The van der Waals surface area contributed by atoms with Gasteiger partial charge in [-0.25, -0.2) is 0 Å². The average Bonchev–Trinajstić information content (AvgIpc) is 2.38. The predicted molar refractivity (Wildman–Crippen MR) is 75.4 cm³/mol. The zero-order valence-electron chi connectivity index (χ0n) is 12.2. The first-order valence-electron chi connectivity index (χ1n) is 7.34. The van der Waals surface area contributed by atoms with E-state index in [9.17, 15) is 4.79 Å². The Kier molecular flexibility index (Phi) is 6.65. The van der Waals surface area contributed by atoms with Gasteiger partial charge in [-0.1, -0.05) is 20.3 Å². The van der Waals surface area contributed by atoms with Crippen LogP contribution in [0.5, 0.6) is 0 Å². The number of carbonyl (C=O) groups excluding carboxylic acids is 1. The Morgan fingerprint density at radius 3 is 2.44 bits per heavy atom. The topological polar surface area (TPSA) is 49.6 Å². The van der Waals surface area contributed by atoms with Crippen LogP contribution >= 0.6 is 0 Å². The summed E-state index contributed by atoms with van der Waals surface area (Å²) >= 11 is 0. The van der Waals surface area contributed by atoms with Gasteiger partial charge in [0.2, 0.25) is 5.91 Å². The molecule has 1 fully saturated rings. The minimum atomic E-state index is -0.311. The van der Waals surface area contributed by atoms with Crippen LogP contribution < -0.4 is 5.73 Å². The molecular weight excluding hydrogens is 226 g/mol. The molecule has 18 heavy (non-hydrogen) atoms. The third-order valence-corrected chi connectivity index (χ3v) is 3.91. The summed E-state index contributed by atoms with van der Waals surface area (Å²) in [6.45, 7) is 7.68. The van der Waals surface area contributed by atoms with Crippen molar-refractivity contribution < 1.29 is 4.79 Å². The molecule has 0 aromatic heterocycles. The maximum Gasteiger partial charge on any atom is 0.239 e. The summed E-state index contributed by atoms with van der Waals surface area (Å²) in [7, 11) is 1.91. The summed E-state index contributed by atoms with van der Waals surface area (Å²) in [5.74, 6) is 0.116. The van der Waals surface area contributed by atoms with Crippen molar-refractivity contribution in [3.63, 3.8) is 0 Å². The molecule has 106 valence electrons. The van der Waals surface area contributed by atoms with E-state index in [0.29, 0.717) is 6.04 Å². The molecule has 0 spiro atoms. The van der Waals surface area contributed by atoms with Crippen LogP contribution in [0.25, 0.3) is 0 Å². The molecule has 1 amide bonds. The normalized spacial score (nSPS) is 19.8. The van der Waals surface area contributed by atoms with Crippen LogP contribution in [0.4, 0.5) is 0 Å². The van der Waals surface area contributed by atoms with Gasteiger partial charge in [0.1, 0.15) is 0 Å². The van der Waals surface area contributed by atoms with E-state index in [2.05, 4.69) is 18.7 Å². The Balaban J connectivity index is 2.39. The van der Waals surface area contributed by atoms with Gasteiger partial charge in [0, 0.05) is 26.2 Å². The van der Waals surface area contributed by atoms with E-state index in [4.69, 9.17) is 5.73 Å². The summed E-state index contributed by atoms with van der Waals surface area (Å²) in [6.07, 6.45) is 5.14. The number of nitrogens with zero attached hydrogens (tertiary/aromatic N) is 2. The zero-order valence-corrected chi connectivity index (χ0v) is 12.2. The second-order valence-corrected chi connectivity index (χ2v) is 5.42. The molecule has 0 aromatic rings. The number of hydrogen-bond donors (Lipinski definition) is 1. The first-order valence-corrected chi connectivity index (χ1v) is 7.34. The van der Waals surface area contributed by atoms with Crippen molar-refractivity contribution >= 4 is 5.91 Å². The van der Waals surface area contributed by atoms with Crippen molar-refractivity contribution in [2.24, 2.45) is 5.73 Å². The third-order valence-electron chi connectivity index (χ3n) is 3.91. The van der Waals surface area contributed by atoms with E-state index in [0.717, 1.165) is 38.8 Å². The maximum atomic E-state index is 12.1. The molecule has 0 radical (unpaired) electrons. The lowest BCUT2D eigenvalue weighted by Crippen LogP contribution is -2.50. The van der Waals surface area contributed by atoms with E-state index in [1.54, 1.807) is 0 Å². The summed E-state index contributed by atoms with van der Waals surface area (Å²) in [5, 5.41) is 0. The van der Waals surface area contributed by atoms with Crippen molar-refractivity contribution in [2.45, 2.75) is 58.0 Å². The van der Waals surface area contributed by atoms with E-state index >= 15 is 0 Å². The minimum absolute atomic E-state index is 0.116. The highest BCUT2D eigenvalue weighted by molar-refractivity contribution is 5.81. The molecular formula is C14H29N3O. The molecule has 0 saturated carbocycles. The van der Waals surface area contributed by atoms with Gasteiger partial charge in [0.15, 0.2) is 0 Å². The van der Waals surface area contributed by atoms with Crippen LogP contribution in [0, 0.1) is 0 Å². The van der Waals surface area contributed by atoms with Crippen molar-refractivity contribution in [3.05, 3.63) is 0 Å². The molecule has 0 aliphatic carbocycles. The molecule has 0 aromatic carbocycles. The fourth-order valence-electron chi connectivity index (χ4n) is 2.72. The molecule has 1 saturated heterocycles. The Bertz CT molecular complexity index is 249. The fourth-order valence-corrected chi connectivity index (χ4v) is 2.72. The SMILES string of the molecule is CCCC(N)C(=O)N(C)C1CCN(CCC)CC1. The van der Waals surface area contributed by atoms with Gasteiger partial charge in [0.05, 0.1) is 6.04 Å². The number of carbonyl (C=O) groups is 1. The van der Waals surface area contributed by atoms with Gasteiger partial charge in [-0.2, -0.15) is 0 Å². The van der Waals surface area contributed by atoms with Crippen LogP contribution in [0.2, 0.25) is 0 Å². The number of likely N-dealkylation sites (N-methyl/N-ethyl adjacent to an activating group) is 1. The van der Waals surface area contributed by atoms with Gasteiger partial charge in [-0.3, -0.25) is 4.79 Å². The molecule has 1 aliphatic rings. The smallest absolute Gasteiger partial charge is 0.239 e. The second-order valence-electron chi connectivity index (χ2n) is 5.42. The summed E-state index contributed by atoms with van der Waals surface area (Å²) < 4.78 is 0. The van der Waals surface area contributed by atoms with Crippen LogP contribution in [-0.4, -0.2) is 54.5 Å². The number of piperidine rings is 1. The largest absolute Gasteiger partial charge is 0.341 e. The van der Waals surface area contributed by atoms with Crippen LogP contribution in [0.3, 0.4) is 0 Å². The van der Waals surface area contributed by atoms with E-state index in [-0.39, 0.29) is 11.9 Å². The lowest BCUT2D eigenvalue weighted by atomic mass is 10.0. The van der Waals surface area contributed by atoms with Crippen LogP contribution in [-0.2, 0) is 4.79 Å². The molecule has 2 N–H and O–H groups in total. The predicted octanol–water partition coefficient (Wildman–Crippen LogP) is 1.45. The monoisotopic (exact) mass is 255 g/mol. The summed E-state index contributed by atoms with van der Waals surface area (Å²) in [4.78, 5) is 16.5. The third kappa shape index (κ3) is 4.25. The molecule has 4 nitrogen and oxygen atoms in total. The van der Waals surface area contributed by atoms with Crippen molar-refractivity contribution in [1.82, 2.24) is 9.80 Å². The Morgan fingerprint density at radius 2 is 1.94 bits per heavy atom. The lowest BCUT2D eigenvalue weighted by Gasteiger charge is -2.37. The minimum Gasteiger partial charge on any atom is -0.341 e. The van der Waals surface area contributed by atoms with Gasteiger partial charge < -0.3 is 15.5 Å². The molecule has 1 heterocycles. The fraction of sp³-hybridized carbons (Fsp3) is 0.929. The Labute approximate surface area is 111 Å². The standard InChI is InChI=1S/C14H29N3O/c1-4-6-13(15)14(18)16(3)12-7-10-17(9-5-2)11-8-12/h12-13H,4-11,15H2,1-3H3. The molecule has 1 unspecified atom stereocenters. The number of nitrogens with two attached hydrogens (primary N) is 1. The summed E-state index contributed by atoms with van der Waals surface area (Å²) in [6, 6.07) is 0.0715. The van der Waals surface area contributed by atoms with E-state index in [1.807, 2.05) is 11.9 Å². The first kappa shape index (κ1) is 15.4. The number of likely N-dealkylation sites (tertiary alicyclic amines) is 1. The Morgan fingerprint density at radius 1 is 1.33 bits per heavy atom. The van der Waals surface area contributed by atoms with Crippen molar-refractivity contribution in [2.75, 3.05) is 26.7 Å². The molecule has 1 aliphatic heterocycles. The quantitative estimate of drug-likeness (QED) is 0.781. The van der Waals surface area contributed by atoms with Crippen molar-refractivity contribution in [3.8, 4) is 0 Å². The molecule has 4 heteroatoms. The van der Waals surface area contributed by atoms with Crippen LogP contribution in [0.15, 0.2) is 0 Å². The highest BCUT2D eigenvalue weighted by Gasteiger charge is 2.27. The first-order chi connectivity index (χ1) is 8.60. The molecule has 1 atom stereocenters. The van der Waals surface area contributed by atoms with Gasteiger partial charge in [0.25, 0.3) is 0 Å². The second kappa shape index (κ2) is 7.74. The van der Waals surface area contributed by atoms with Crippen molar-refractivity contribution in [1.29, 1.82) is 0 Å². The van der Waals surface area contributed by atoms with Gasteiger partial charge >= 0.3 is 0 Å². The highest BCUT2D eigenvalue weighted by atomic mass is 16.2. The highest BCUT2D eigenvalue weighted by Crippen LogP contribution is 2.16. The maximum absolute atomic E-state index is 12.1. The molecule has 1 rings (SSSR count). The lowest BCUT2D eigenvalue weighted by molar-refractivity contribution is -0.134. The van der Waals surface area contributed by atoms with E-state index in [1.165, 1.54) is 13.0 Å². The number of rotatable bonds is 6. The zero-order chi connectivity index (χ0) is 13.5. The number of hydrogen-bond acceptors (Lipinski definition) is 3. The van der Waals surface area contributed by atoms with Gasteiger partial charge in [-0.15, -0.1) is 0 Å². The van der Waals surface area contributed by atoms with Gasteiger partial charge in [-0.05, 0) is 32.2 Å². The average molecular weight is 255 g/mol.